The van der Waals surface area contributed by atoms with E-state index >= 15 is 0 Å². The molecule has 6 heteroatoms. The van der Waals surface area contributed by atoms with Crippen molar-refractivity contribution < 1.29 is 13.9 Å². The third-order valence-electron chi connectivity index (χ3n) is 4.17. The Balaban J connectivity index is 1.61. The van der Waals surface area contributed by atoms with E-state index < -0.39 is 0 Å². The largest absolute Gasteiger partial charge is 0.495 e. The topological polar surface area (TPSA) is 67.6 Å². The number of carbonyl (C=O) groups excluding carboxylic acids is 1. The number of nitrogens with one attached hydrogen (secondary N) is 1. The molecule has 24 heavy (non-hydrogen) atoms. The SMILES string of the molecule is CCCc1ncc(CNC2CCN(c3ccccc3OC)C2=O)o1. The molecule has 2 aromatic rings. The molecule has 1 unspecified atom stereocenters. The molecule has 1 aliphatic heterocycles. The Kier molecular flexibility index (Phi) is 5.15. The fourth-order valence-corrected chi connectivity index (χ4v) is 2.94. The molecule has 0 aliphatic carbocycles. The molecule has 128 valence electrons. The highest BCUT2D eigenvalue weighted by Gasteiger charge is 2.33. The molecule has 1 saturated heterocycles. The number of anilines is 1. The highest BCUT2D eigenvalue weighted by Crippen LogP contribution is 2.31. The number of oxazole rings is 1. The zero-order valence-electron chi connectivity index (χ0n) is 14.1. The standard InChI is InChI=1S/C18H23N3O3/c1-3-6-17-20-12-13(24-17)11-19-14-9-10-21(18(14)22)15-7-4-5-8-16(15)23-2/h4-5,7-8,12,14,19H,3,6,9-11H2,1-2H3. The van der Waals surface area contributed by atoms with E-state index in [4.69, 9.17) is 9.15 Å². The first-order valence-electron chi connectivity index (χ1n) is 8.34. The van der Waals surface area contributed by atoms with E-state index in [-0.39, 0.29) is 11.9 Å². The van der Waals surface area contributed by atoms with Crippen molar-refractivity contribution in [2.75, 3.05) is 18.6 Å². The highest BCUT2D eigenvalue weighted by atomic mass is 16.5. The number of aryl methyl sites for hydroxylation is 1. The number of rotatable bonds is 7. The molecule has 1 amide bonds. The van der Waals surface area contributed by atoms with Gasteiger partial charge in [0.05, 0.1) is 31.6 Å². The van der Waals surface area contributed by atoms with Gasteiger partial charge in [-0.05, 0) is 25.0 Å². The quantitative estimate of drug-likeness (QED) is 0.845. The van der Waals surface area contributed by atoms with Gasteiger partial charge in [-0.3, -0.25) is 10.1 Å². The van der Waals surface area contributed by atoms with E-state index in [1.165, 1.54) is 0 Å². The molecule has 0 saturated carbocycles. The molecule has 1 fully saturated rings. The molecule has 6 nitrogen and oxygen atoms in total. The summed E-state index contributed by atoms with van der Waals surface area (Å²) in [6.45, 7) is 3.27. The summed E-state index contributed by atoms with van der Waals surface area (Å²) in [6, 6.07) is 7.38. The lowest BCUT2D eigenvalue weighted by Crippen LogP contribution is -2.38. The fourth-order valence-electron chi connectivity index (χ4n) is 2.94. The van der Waals surface area contributed by atoms with Gasteiger partial charge in [-0.15, -0.1) is 0 Å². The molecule has 1 aliphatic rings. The van der Waals surface area contributed by atoms with Crippen molar-refractivity contribution >= 4 is 11.6 Å². The molecule has 0 radical (unpaired) electrons. The number of hydrogen-bond acceptors (Lipinski definition) is 5. The first kappa shape index (κ1) is 16.5. The highest BCUT2D eigenvalue weighted by molar-refractivity contribution is 6.00. The zero-order chi connectivity index (χ0) is 16.9. The Morgan fingerprint density at radius 1 is 1.42 bits per heavy atom. The molecule has 1 atom stereocenters. The minimum atomic E-state index is -0.213. The Hall–Kier alpha value is -2.34. The van der Waals surface area contributed by atoms with Gasteiger partial charge >= 0.3 is 0 Å². The van der Waals surface area contributed by atoms with Gasteiger partial charge in [0.25, 0.3) is 0 Å². The molecule has 1 aromatic heterocycles. The Bertz CT molecular complexity index is 698. The second kappa shape index (κ2) is 7.49. The van der Waals surface area contributed by atoms with Gasteiger partial charge in [0.1, 0.15) is 11.5 Å². The summed E-state index contributed by atoms with van der Waals surface area (Å²) < 4.78 is 11.0. The van der Waals surface area contributed by atoms with Crippen LogP contribution in [0.1, 0.15) is 31.4 Å². The van der Waals surface area contributed by atoms with Crippen molar-refractivity contribution in [3.63, 3.8) is 0 Å². The summed E-state index contributed by atoms with van der Waals surface area (Å²) in [7, 11) is 1.62. The molecule has 1 N–H and O–H groups in total. The average Bonchev–Trinajstić information content (AvgIpc) is 3.20. The molecule has 2 heterocycles. The maximum atomic E-state index is 12.7. The number of benzene rings is 1. The monoisotopic (exact) mass is 329 g/mol. The molecule has 1 aromatic carbocycles. The minimum Gasteiger partial charge on any atom is -0.495 e. The van der Waals surface area contributed by atoms with E-state index in [9.17, 15) is 4.79 Å². The molecular formula is C18H23N3O3. The number of aromatic nitrogens is 1. The summed E-state index contributed by atoms with van der Waals surface area (Å²) in [6.07, 6.45) is 4.33. The van der Waals surface area contributed by atoms with Gasteiger partial charge in [0, 0.05) is 13.0 Å². The lowest BCUT2D eigenvalue weighted by Gasteiger charge is -2.19. The van der Waals surface area contributed by atoms with Crippen molar-refractivity contribution in [1.29, 1.82) is 0 Å². The van der Waals surface area contributed by atoms with E-state index in [0.717, 1.165) is 36.6 Å². The van der Waals surface area contributed by atoms with E-state index in [2.05, 4.69) is 17.2 Å². The molecule has 3 rings (SSSR count). The van der Waals surface area contributed by atoms with Crippen LogP contribution in [0.2, 0.25) is 0 Å². The molecule has 0 bridgehead atoms. The summed E-state index contributed by atoms with van der Waals surface area (Å²) in [5.41, 5.74) is 0.819. The first-order valence-corrected chi connectivity index (χ1v) is 8.34. The second-order valence-corrected chi connectivity index (χ2v) is 5.85. The number of carbonyl (C=O) groups is 1. The van der Waals surface area contributed by atoms with Gasteiger partial charge in [-0.2, -0.15) is 0 Å². The predicted molar refractivity (Wildman–Crippen MR) is 91.1 cm³/mol. The molecule has 0 spiro atoms. The van der Waals surface area contributed by atoms with Crippen LogP contribution in [0.15, 0.2) is 34.9 Å². The van der Waals surface area contributed by atoms with Gasteiger partial charge in [0.2, 0.25) is 5.91 Å². The van der Waals surface area contributed by atoms with Gasteiger partial charge in [0.15, 0.2) is 5.89 Å². The van der Waals surface area contributed by atoms with Crippen LogP contribution in [0.5, 0.6) is 5.75 Å². The smallest absolute Gasteiger partial charge is 0.244 e. The van der Waals surface area contributed by atoms with E-state index in [1.54, 1.807) is 18.2 Å². The van der Waals surface area contributed by atoms with Gasteiger partial charge < -0.3 is 14.1 Å². The van der Waals surface area contributed by atoms with Crippen molar-refractivity contribution in [2.24, 2.45) is 0 Å². The van der Waals surface area contributed by atoms with Gasteiger partial charge in [-0.1, -0.05) is 19.1 Å². The van der Waals surface area contributed by atoms with Crippen molar-refractivity contribution in [2.45, 2.75) is 38.8 Å². The van der Waals surface area contributed by atoms with Crippen LogP contribution in [-0.4, -0.2) is 30.6 Å². The summed E-state index contributed by atoms with van der Waals surface area (Å²) >= 11 is 0. The lowest BCUT2D eigenvalue weighted by atomic mass is 10.2. The normalized spacial score (nSPS) is 17.5. The number of nitrogens with zero attached hydrogens (tertiary/aromatic N) is 2. The third-order valence-corrected chi connectivity index (χ3v) is 4.17. The minimum absolute atomic E-state index is 0.0628. The van der Waals surface area contributed by atoms with Crippen LogP contribution in [0, 0.1) is 0 Å². The third kappa shape index (κ3) is 3.43. The fraction of sp³-hybridized carbons (Fsp3) is 0.444. The molecular weight excluding hydrogens is 306 g/mol. The Labute approximate surface area is 141 Å². The summed E-state index contributed by atoms with van der Waals surface area (Å²) in [4.78, 5) is 18.7. The van der Waals surface area contributed by atoms with Crippen LogP contribution in [0.4, 0.5) is 5.69 Å². The number of hydrogen-bond donors (Lipinski definition) is 1. The van der Waals surface area contributed by atoms with Crippen molar-refractivity contribution in [1.82, 2.24) is 10.3 Å². The van der Waals surface area contributed by atoms with Crippen LogP contribution in [-0.2, 0) is 17.8 Å². The lowest BCUT2D eigenvalue weighted by molar-refractivity contribution is -0.118. The average molecular weight is 329 g/mol. The number of para-hydroxylation sites is 2. The second-order valence-electron chi connectivity index (χ2n) is 5.85. The summed E-state index contributed by atoms with van der Waals surface area (Å²) in [5, 5.41) is 3.27. The van der Waals surface area contributed by atoms with Crippen LogP contribution in [0.25, 0.3) is 0 Å². The number of amides is 1. The van der Waals surface area contributed by atoms with Crippen molar-refractivity contribution in [3.05, 3.63) is 42.1 Å². The van der Waals surface area contributed by atoms with Crippen LogP contribution < -0.4 is 15.0 Å². The first-order chi connectivity index (χ1) is 11.7. The van der Waals surface area contributed by atoms with E-state index in [0.29, 0.717) is 18.8 Å². The predicted octanol–water partition coefficient (Wildman–Crippen LogP) is 2.53. The van der Waals surface area contributed by atoms with Gasteiger partial charge in [-0.25, -0.2) is 4.98 Å². The maximum absolute atomic E-state index is 12.7. The van der Waals surface area contributed by atoms with Crippen molar-refractivity contribution in [3.8, 4) is 5.75 Å². The Morgan fingerprint density at radius 3 is 3.04 bits per heavy atom. The van der Waals surface area contributed by atoms with Crippen LogP contribution in [0.3, 0.4) is 0 Å². The van der Waals surface area contributed by atoms with Crippen LogP contribution >= 0.6 is 0 Å². The number of ether oxygens (including phenoxy) is 1. The zero-order valence-corrected chi connectivity index (χ0v) is 14.1. The Morgan fingerprint density at radius 2 is 2.25 bits per heavy atom. The maximum Gasteiger partial charge on any atom is 0.244 e. The number of methoxy groups -OCH3 is 1. The van der Waals surface area contributed by atoms with E-state index in [1.807, 2.05) is 24.3 Å². The summed E-state index contributed by atoms with van der Waals surface area (Å²) in [5.74, 6) is 2.29.